The molecule has 5 nitrogen and oxygen atoms in total. The Kier molecular flexibility index (Phi) is 5.98. The molecule has 0 N–H and O–H groups in total. The van der Waals surface area contributed by atoms with Crippen LogP contribution in [0.2, 0.25) is 0 Å². The first kappa shape index (κ1) is 20.9. The Morgan fingerprint density at radius 2 is 1.55 bits per heavy atom. The fraction of sp³-hybridized carbons (Fsp3) is 0.143. The number of hydrogen-bond acceptors (Lipinski definition) is 4. The summed E-state index contributed by atoms with van der Waals surface area (Å²) >= 11 is 0. The number of nitrogens with zero attached hydrogens (tertiary/aromatic N) is 5. The Bertz CT molecular complexity index is 1130. The zero-order valence-corrected chi connectivity index (χ0v) is 17.8. The molecule has 8 heteroatoms. The monoisotopic (exact) mass is 570 g/mol. The fourth-order valence-corrected chi connectivity index (χ4v) is 2.90. The molecule has 4 rings (SSSR count). The summed E-state index contributed by atoms with van der Waals surface area (Å²) in [4.78, 5) is 12.5. The third-order valence-electron chi connectivity index (χ3n) is 4.51. The summed E-state index contributed by atoms with van der Waals surface area (Å²) in [6, 6.07) is 16.3. The maximum atomic E-state index is 14.0. The van der Waals surface area contributed by atoms with Gasteiger partial charge in [-0.2, -0.15) is 0 Å². The molecule has 148 valence electrons. The SMILES string of the molecule is CC(C)(c1cccc(-c2ccn[n-]2)n1)c1cccc(-c2[c-]cc(F)nc2F)n1.[Pt+2]. The van der Waals surface area contributed by atoms with Crippen LogP contribution in [0, 0.1) is 18.0 Å². The molecule has 0 saturated carbocycles. The summed E-state index contributed by atoms with van der Waals surface area (Å²) in [6.45, 7) is 3.95. The van der Waals surface area contributed by atoms with Crippen LogP contribution in [-0.4, -0.2) is 20.1 Å². The summed E-state index contributed by atoms with van der Waals surface area (Å²) in [7, 11) is 0. The summed E-state index contributed by atoms with van der Waals surface area (Å²) in [5, 5.41) is 7.88. The van der Waals surface area contributed by atoms with Crippen molar-refractivity contribution in [2.75, 3.05) is 0 Å². The van der Waals surface area contributed by atoms with Crippen molar-refractivity contribution in [1.82, 2.24) is 25.1 Å². The quantitative estimate of drug-likeness (QED) is 0.275. The predicted molar refractivity (Wildman–Crippen MR) is 99.1 cm³/mol. The van der Waals surface area contributed by atoms with Gasteiger partial charge in [0, 0.05) is 23.0 Å². The van der Waals surface area contributed by atoms with E-state index < -0.39 is 17.3 Å². The molecule has 0 unspecified atom stereocenters. The minimum Gasteiger partial charge on any atom is -0.574 e. The molecule has 0 aliphatic heterocycles. The van der Waals surface area contributed by atoms with Crippen LogP contribution in [0.4, 0.5) is 8.78 Å². The molecule has 0 bridgehead atoms. The molecule has 0 amide bonds. The average Bonchev–Trinajstić information content (AvgIpc) is 3.23. The van der Waals surface area contributed by atoms with Gasteiger partial charge in [0.1, 0.15) is 11.9 Å². The maximum Gasteiger partial charge on any atom is 2.00 e. The second-order valence-corrected chi connectivity index (χ2v) is 6.75. The molecule has 29 heavy (non-hydrogen) atoms. The Balaban J connectivity index is 0.00000240. The van der Waals surface area contributed by atoms with E-state index in [-0.39, 0.29) is 26.6 Å². The summed E-state index contributed by atoms with van der Waals surface area (Å²) < 4.78 is 27.1. The van der Waals surface area contributed by atoms with E-state index in [0.29, 0.717) is 22.8 Å². The van der Waals surface area contributed by atoms with Crippen LogP contribution >= 0.6 is 0 Å². The molecule has 4 aromatic rings. The van der Waals surface area contributed by atoms with E-state index in [4.69, 9.17) is 4.98 Å². The van der Waals surface area contributed by atoms with Crippen LogP contribution in [0.3, 0.4) is 0 Å². The number of rotatable bonds is 4. The second kappa shape index (κ2) is 8.29. The minimum absolute atomic E-state index is 0. The Morgan fingerprint density at radius 3 is 2.17 bits per heavy atom. The van der Waals surface area contributed by atoms with Crippen molar-refractivity contribution in [2.24, 2.45) is 0 Å². The molecule has 0 aliphatic carbocycles. The van der Waals surface area contributed by atoms with Gasteiger partial charge in [-0.15, -0.1) is 6.07 Å². The van der Waals surface area contributed by atoms with Crippen LogP contribution in [-0.2, 0) is 26.5 Å². The zero-order valence-electron chi connectivity index (χ0n) is 15.5. The van der Waals surface area contributed by atoms with Gasteiger partial charge in [-0.25, -0.2) is 8.78 Å². The first-order valence-electron chi connectivity index (χ1n) is 8.59. The van der Waals surface area contributed by atoms with E-state index in [2.05, 4.69) is 26.2 Å². The molecule has 0 spiro atoms. The van der Waals surface area contributed by atoms with E-state index in [1.165, 1.54) is 0 Å². The first-order valence-corrected chi connectivity index (χ1v) is 8.59. The topological polar surface area (TPSA) is 65.7 Å². The van der Waals surface area contributed by atoms with Crippen molar-refractivity contribution >= 4 is 0 Å². The van der Waals surface area contributed by atoms with Crippen LogP contribution in [0.1, 0.15) is 25.2 Å². The van der Waals surface area contributed by atoms with Crippen LogP contribution in [0.25, 0.3) is 22.6 Å². The third kappa shape index (κ3) is 4.15. The van der Waals surface area contributed by atoms with Crippen molar-refractivity contribution < 1.29 is 29.8 Å². The summed E-state index contributed by atoms with van der Waals surface area (Å²) in [5.74, 6) is -1.87. The normalized spacial score (nSPS) is 11.2. The zero-order chi connectivity index (χ0) is 19.7. The third-order valence-corrected chi connectivity index (χ3v) is 4.51. The van der Waals surface area contributed by atoms with Crippen molar-refractivity contribution in [3.8, 4) is 22.6 Å². The van der Waals surface area contributed by atoms with Crippen LogP contribution < -0.4 is 5.10 Å². The van der Waals surface area contributed by atoms with Gasteiger partial charge < -0.3 is 15.2 Å². The molecule has 0 saturated heterocycles. The molecular weight excluding hydrogens is 555 g/mol. The molecule has 0 radical (unpaired) electrons. The molecule has 0 fully saturated rings. The molecule has 4 aromatic heterocycles. The molecule has 0 atom stereocenters. The van der Waals surface area contributed by atoms with Gasteiger partial charge in [0.25, 0.3) is 0 Å². The smallest absolute Gasteiger partial charge is 0.574 e. The van der Waals surface area contributed by atoms with Gasteiger partial charge in [-0.1, -0.05) is 41.6 Å². The van der Waals surface area contributed by atoms with E-state index in [0.717, 1.165) is 11.8 Å². The molecule has 0 aliphatic rings. The van der Waals surface area contributed by atoms with Gasteiger partial charge in [0.05, 0.1) is 5.69 Å². The van der Waals surface area contributed by atoms with Crippen molar-refractivity contribution in [1.29, 1.82) is 0 Å². The molecular formula is C21H15F2N5Pt. The van der Waals surface area contributed by atoms with Crippen molar-refractivity contribution in [3.63, 3.8) is 0 Å². The maximum absolute atomic E-state index is 14.0. The first-order chi connectivity index (χ1) is 13.4. The number of pyridine rings is 3. The largest absolute Gasteiger partial charge is 2.00 e. The van der Waals surface area contributed by atoms with Gasteiger partial charge in [0.15, 0.2) is 0 Å². The minimum atomic E-state index is -0.947. The van der Waals surface area contributed by atoms with Crippen LogP contribution in [0.15, 0.2) is 54.7 Å². The molecule has 0 aromatic carbocycles. The van der Waals surface area contributed by atoms with E-state index in [1.807, 2.05) is 38.1 Å². The van der Waals surface area contributed by atoms with Gasteiger partial charge in [-0.3, -0.25) is 9.97 Å². The van der Waals surface area contributed by atoms with E-state index in [9.17, 15) is 8.78 Å². The van der Waals surface area contributed by atoms with Crippen molar-refractivity contribution in [2.45, 2.75) is 19.3 Å². The molecule has 4 heterocycles. The van der Waals surface area contributed by atoms with Gasteiger partial charge in [0.2, 0.25) is 0 Å². The Labute approximate surface area is 180 Å². The number of halogens is 2. The number of aromatic nitrogens is 5. The summed E-state index contributed by atoms with van der Waals surface area (Å²) in [5.41, 5.74) is 2.63. The fourth-order valence-electron chi connectivity index (χ4n) is 2.90. The Hall–Kier alpha value is -2.79. The standard InChI is InChI=1S/C21H15F2N5.Pt/c1-21(2,18-8-4-6-15(26-18)16-11-12-24-28-16)17-7-3-5-14(25-17)13-9-10-19(22)27-20(13)23;/h3-8,10-12H,1-2H3;/q-2;+2. The second-order valence-electron chi connectivity index (χ2n) is 6.75. The van der Waals surface area contributed by atoms with Crippen molar-refractivity contribution in [3.05, 3.63) is 84.1 Å². The average molecular weight is 570 g/mol. The number of hydrogen-bond donors (Lipinski definition) is 0. The van der Waals surface area contributed by atoms with Crippen LogP contribution in [0.5, 0.6) is 0 Å². The van der Waals surface area contributed by atoms with E-state index in [1.54, 1.807) is 24.4 Å². The van der Waals surface area contributed by atoms with Gasteiger partial charge >= 0.3 is 21.1 Å². The summed E-state index contributed by atoms with van der Waals surface area (Å²) in [6.07, 6.45) is 1.61. The van der Waals surface area contributed by atoms with Gasteiger partial charge in [-0.05, 0) is 37.7 Å². The van der Waals surface area contributed by atoms with E-state index >= 15 is 0 Å². The predicted octanol–water partition coefficient (Wildman–Crippen LogP) is 3.96. The Morgan fingerprint density at radius 1 is 0.897 bits per heavy atom.